The molecule has 0 aliphatic carbocycles. The first-order valence-corrected chi connectivity index (χ1v) is 25.6. The van der Waals surface area contributed by atoms with Gasteiger partial charge in [-0.05, 0) is 37.0 Å². The average molecular weight is 821 g/mol. The number of hydrogen-bond donors (Lipinski definition) is 0. The van der Waals surface area contributed by atoms with Gasteiger partial charge >= 0.3 is 17.9 Å². The van der Waals surface area contributed by atoms with Crippen molar-refractivity contribution >= 4 is 17.9 Å². The highest BCUT2D eigenvalue weighted by molar-refractivity contribution is 5.71. The zero-order chi connectivity index (χ0) is 42.7. The van der Waals surface area contributed by atoms with Gasteiger partial charge in [0, 0.05) is 19.3 Å². The molecule has 0 aromatic heterocycles. The molecule has 0 saturated heterocycles. The zero-order valence-electron chi connectivity index (χ0n) is 39.8. The molecule has 0 N–H and O–H groups in total. The molecule has 0 unspecified atom stereocenters. The van der Waals surface area contributed by atoms with Crippen LogP contribution in [-0.2, 0) is 28.6 Å². The Morgan fingerprint density at radius 3 is 0.741 bits per heavy atom. The molecule has 0 aliphatic heterocycles. The van der Waals surface area contributed by atoms with Crippen molar-refractivity contribution in [1.29, 1.82) is 0 Å². The summed E-state index contributed by atoms with van der Waals surface area (Å²) in [6.07, 6.45) is 42.3. The van der Waals surface area contributed by atoms with Crippen molar-refractivity contribution < 1.29 is 28.6 Å². The number of esters is 3. The minimum Gasteiger partial charge on any atom is -0.462 e. The van der Waals surface area contributed by atoms with E-state index in [2.05, 4.69) is 41.5 Å². The van der Waals surface area contributed by atoms with E-state index >= 15 is 0 Å². The van der Waals surface area contributed by atoms with Gasteiger partial charge in [0.1, 0.15) is 13.2 Å². The second-order valence-corrected chi connectivity index (χ2v) is 19.2. The Morgan fingerprint density at radius 1 is 0.293 bits per heavy atom. The van der Waals surface area contributed by atoms with E-state index in [1.165, 1.54) is 161 Å². The second-order valence-electron chi connectivity index (χ2n) is 19.2. The molecule has 0 aliphatic rings. The van der Waals surface area contributed by atoms with Gasteiger partial charge in [0.2, 0.25) is 0 Å². The Hall–Kier alpha value is -1.59. The van der Waals surface area contributed by atoms with Crippen LogP contribution in [0.4, 0.5) is 0 Å². The lowest BCUT2D eigenvalue weighted by molar-refractivity contribution is -0.167. The van der Waals surface area contributed by atoms with Gasteiger partial charge in [0.25, 0.3) is 0 Å². The first-order valence-electron chi connectivity index (χ1n) is 25.6. The molecule has 0 saturated carbocycles. The molecule has 0 radical (unpaired) electrons. The van der Waals surface area contributed by atoms with Gasteiger partial charge in [-0.25, -0.2) is 0 Å². The Morgan fingerprint density at radius 2 is 0.500 bits per heavy atom. The van der Waals surface area contributed by atoms with E-state index in [1.807, 2.05) is 0 Å². The van der Waals surface area contributed by atoms with Gasteiger partial charge in [0.05, 0.1) is 0 Å². The maximum atomic E-state index is 12.8. The van der Waals surface area contributed by atoms with E-state index in [-0.39, 0.29) is 31.1 Å². The van der Waals surface area contributed by atoms with E-state index in [9.17, 15) is 14.4 Å². The van der Waals surface area contributed by atoms with Crippen LogP contribution in [-0.4, -0.2) is 37.2 Å². The summed E-state index contributed by atoms with van der Waals surface area (Å²) in [7, 11) is 0. The average Bonchev–Trinajstić information content (AvgIpc) is 3.18. The fraction of sp³-hybridized carbons (Fsp3) is 0.942. The van der Waals surface area contributed by atoms with Gasteiger partial charge in [-0.3, -0.25) is 14.4 Å². The predicted molar refractivity (Wildman–Crippen MR) is 247 cm³/mol. The molecule has 0 heterocycles. The summed E-state index contributed by atoms with van der Waals surface area (Å²) < 4.78 is 16.8. The molecule has 0 bridgehead atoms. The van der Waals surface area contributed by atoms with Crippen molar-refractivity contribution in [3.05, 3.63) is 0 Å². The normalized spacial score (nSPS) is 12.2. The summed E-state index contributed by atoms with van der Waals surface area (Å²) in [6.45, 7) is 13.7. The van der Waals surface area contributed by atoms with Crippen LogP contribution in [0.1, 0.15) is 279 Å². The Bertz CT molecular complexity index is 898. The molecule has 344 valence electrons. The summed E-state index contributed by atoms with van der Waals surface area (Å²) in [5.74, 6) is 1.60. The number of carbonyl (C=O) groups excluding carboxylic acids is 3. The van der Waals surface area contributed by atoms with E-state index in [4.69, 9.17) is 14.2 Å². The maximum absolute atomic E-state index is 12.8. The lowest BCUT2D eigenvalue weighted by Crippen LogP contribution is -2.30. The zero-order valence-corrected chi connectivity index (χ0v) is 39.8. The molecular weight excluding hydrogens is 721 g/mol. The topological polar surface area (TPSA) is 78.9 Å². The van der Waals surface area contributed by atoms with Gasteiger partial charge < -0.3 is 14.2 Å². The smallest absolute Gasteiger partial charge is 0.306 e. The third-order valence-corrected chi connectivity index (χ3v) is 11.6. The van der Waals surface area contributed by atoms with Crippen molar-refractivity contribution in [2.24, 2.45) is 17.8 Å². The Balaban J connectivity index is 4.32. The number of hydrogen-bond acceptors (Lipinski definition) is 6. The van der Waals surface area contributed by atoms with E-state index in [1.54, 1.807) is 0 Å². The van der Waals surface area contributed by atoms with Crippen LogP contribution < -0.4 is 0 Å². The highest BCUT2D eigenvalue weighted by Gasteiger charge is 2.19. The molecule has 6 nitrogen and oxygen atoms in total. The van der Waals surface area contributed by atoms with Crippen LogP contribution in [0.25, 0.3) is 0 Å². The summed E-state index contributed by atoms with van der Waals surface area (Å²) in [4.78, 5) is 37.9. The van der Waals surface area contributed by atoms with Gasteiger partial charge in [-0.2, -0.15) is 0 Å². The monoisotopic (exact) mass is 821 g/mol. The third kappa shape index (κ3) is 45.5. The van der Waals surface area contributed by atoms with Gasteiger partial charge in [-0.1, -0.05) is 241 Å². The van der Waals surface area contributed by atoms with Crippen LogP contribution in [0, 0.1) is 17.8 Å². The summed E-state index contributed by atoms with van der Waals surface area (Å²) >= 11 is 0. The van der Waals surface area contributed by atoms with Crippen molar-refractivity contribution in [2.75, 3.05) is 13.2 Å². The fourth-order valence-corrected chi connectivity index (χ4v) is 7.76. The molecule has 6 heteroatoms. The van der Waals surface area contributed by atoms with Crippen LogP contribution in [0.5, 0.6) is 0 Å². The quantitative estimate of drug-likeness (QED) is 0.0346. The largest absolute Gasteiger partial charge is 0.462 e. The highest BCUT2D eigenvalue weighted by Crippen LogP contribution is 2.17. The van der Waals surface area contributed by atoms with E-state index < -0.39 is 6.10 Å². The van der Waals surface area contributed by atoms with E-state index in [0.717, 1.165) is 75.5 Å². The number of unbranched alkanes of at least 4 members (excludes halogenated alkanes) is 28. The lowest BCUT2D eigenvalue weighted by Gasteiger charge is -2.18. The number of rotatable bonds is 45. The summed E-state index contributed by atoms with van der Waals surface area (Å²) in [6, 6.07) is 0. The van der Waals surface area contributed by atoms with Crippen molar-refractivity contribution in [2.45, 2.75) is 285 Å². The minimum atomic E-state index is -0.762. The van der Waals surface area contributed by atoms with Crippen LogP contribution in [0.3, 0.4) is 0 Å². The molecule has 0 spiro atoms. The van der Waals surface area contributed by atoms with Crippen LogP contribution >= 0.6 is 0 Å². The summed E-state index contributed by atoms with van der Waals surface area (Å²) in [5, 5.41) is 0. The molecule has 0 aromatic rings. The molecule has 0 aromatic carbocycles. The predicted octanol–water partition coefficient (Wildman–Crippen LogP) is 16.4. The van der Waals surface area contributed by atoms with E-state index in [0.29, 0.717) is 19.3 Å². The molecular formula is C52H100O6. The molecule has 1 atom stereocenters. The standard InChI is InChI=1S/C52H100O6/c1-46(2)38-32-26-20-14-10-7-8-12-17-25-31-37-43-52(55)58-49(45-57-51(54)42-36-30-24-19-18-22-28-34-40-48(5)6)44-56-50(53)41-35-29-23-16-13-9-11-15-21-27-33-39-47(3)4/h46-49H,7-45H2,1-6H3/t49-/m1/s1. The lowest BCUT2D eigenvalue weighted by atomic mass is 10.0. The summed E-state index contributed by atoms with van der Waals surface area (Å²) in [5.41, 5.74) is 0. The maximum Gasteiger partial charge on any atom is 0.306 e. The van der Waals surface area contributed by atoms with Gasteiger partial charge in [-0.15, -0.1) is 0 Å². The first-order chi connectivity index (χ1) is 28.1. The van der Waals surface area contributed by atoms with Crippen molar-refractivity contribution in [3.8, 4) is 0 Å². The highest BCUT2D eigenvalue weighted by atomic mass is 16.6. The Labute approximate surface area is 361 Å². The van der Waals surface area contributed by atoms with Crippen molar-refractivity contribution in [1.82, 2.24) is 0 Å². The number of ether oxygens (including phenoxy) is 3. The third-order valence-electron chi connectivity index (χ3n) is 11.6. The minimum absolute atomic E-state index is 0.0650. The molecule has 0 rings (SSSR count). The fourth-order valence-electron chi connectivity index (χ4n) is 7.76. The SMILES string of the molecule is CC(C)CCCCCCCCCCCCCCC(=O)O[C@H](COC(=O)CCCCCCCCCCCCCC(C)C)COC(=O)CCCCCCCCCCC(C)C. The number of carbonyl (C=O) groups is 3. The van der Waals surface area contributed by atoms with Gasteiger partial charge in [0.15, 0.2) is 6.10 Å². The van der Waals surface area contributed by atoms with Crippen LogP contribution in [0.15, 0.2) is 0 Å². The molecule has 58 heavy (non-hydrogen) atoms. The second kappa shape index (κ2) is 43.5. The molecule has 0 fully saturated rings. The molecule has 0 amide bonds. The van der Waals surface area contributed by atoms with Crippen LogP contribution in [0.2, 0.25) is 0 Å². The first kappa shape index (κ1) is 56.4. The van der Waals surface area contributed by atoms with Crippen molar-refractivity contribution in [3.63, 3.8) is 0 Å². The Kier molecular flexibility index (Phi) is 42.3.